The van der Waals surface area contributed by atoms with Crippen molar-refractivity contribution in [1.82, 2.24) is 0 Å². The smallest absolute Gasteiger partial charge is 0.314 e. The van der Waals surface area contributed by atoms with Gasteiger partial charge in [0.1, 0.15) is 19.4 Å². The lowest BCUT2D eigenvalue weighted by Gasteiger charge is -2.25. The van der Waals surface area contributed by atoms with E-state index in [0.29, 0.717) is 48.7 Å². The molecule has 0 saturated heterocycles. The summed E-state index contributed by atoms with van der Waals surface area (Å²) in [6, 6.07) is 3.21. The molecule has 0 amide bonds. The van der Waals surface area contributed by atoms with Gasteiger partial charge in [0.25, 0.3) is 0 Å². The third-order valence-electron chi connectivity index (χ3n) is 3.80. The molecule has 1 aliphatic carbocycles. The van der Waals surface area contributed by atoms with E-state index >= 15 is 0 Å². The number of fused-ring (bicyclic) bond motifs is 1. The van der Waals surface area contributed by atoms with Gasteiger partial charge in [0, 0.05) is 5.56 Å². The van der Waals surface area contributed by atoms with Gasteiger partial charge in [-0.15, -0.1) is 0 Å². The molecule has 0 spiro atoms. The highest BCUT2D eigenvalue weighted by Crippen LogP contribution is 2.54. The molecule has 4 nitrogen and oxygen atoms in total. The first-order chi connectivity index (χ1) is 9.04. The second kappa shape index (κ2) is 4.11. The summed E-state index contributed by atoms with van der Waals surface area (Å²) in [6.45, 7) is 2.21. The van der Waals surface area contributed by atoms with Gasteiger partial charge < -0.3 is 14.6 Å². The molecule has 1 heterocycles. The first-order valence-electron chi connectivity index (χ1n) is 6.36. The minimum Gasteiger partial charge on any atom is -0.486 e. The number of hydrogen-bond donors (Lipinski definition) is 1. The first kappa shape index (κ1) is 12.3. The lowest BCUT2D eigenvalue weighted by Crippen LogP contribution is -2.24. The fourth-order valence-corrected chi connectivity index (χ4v) is 2.48. The Morgan fingerprint density at radius 3 is 2.63 bits per heavy atom. The van der Waals surface area contributed by atoms with Gasteiger partial charge in [-0.2, -0.15) is 0 Å². The molecule has 1 aliphatic heterocycles. The number of benzene rings is 1. The molecular weight excluding hydrogens is 251 g/mol. The summed E-state index contributed by atoms with van der Waals surface area (Å²) in [4.78, 5) is 11.5. The fraction of sp³-hybridized carbons (Fsp3) is 0.500. The molecular formula is C14H15FO4. The summed E-state index contributed by atoms with van der Waals surface area (Å²) in [5, 5.41) is 9.40. The number of carboxylic acid groups (broad SMARTS) is 1. The molecule has 3 rings (SSSR count). The van der Waals surface area contributed by atoms with Gasteiger partial charge in [-0.1, -0.05) is 0 Å². The molecule has 0 aromatic heterocycles. The molecule has 1 N–H and O–H groups in total. The maximum atomic E-state index is 13.5. The van der Waals surface area contributed by atoms with Gasteiger partial charge in [0.15, 0.2) is 11.5 Å². The van der Waals surface area contributed by atoms with Crippen LogP contribution in [-0.4, -0.2) is 24.3 Å². The number of carbonyl (C=O) groups is 1. The quantitative estimate of drug-likeness (QED) is 0.913. The maximum Gasteiger partial charge on any atom is 0.314 e. The number of halogens is 1. The monoisotopic (exact) mass is 266 g/mol. The van der Waals surface area contributed by atoms with Crippen molar-refractivity contribution in [3.63, 3.8) is 0 Å². The van der Waals surface area contributed by atoms with Crippen molar-refractivity contribution in [3.8, 4) is 11.5 Å². The summed E-state index contributed by atoms with van der Waals surface area (Å²) in [7, 11) is 0. The van der Waals surface area contributed by atoms with Gasteiger partial charge in [-0.3, -0.25) is 4.79 Å². The molecule has 1 aromatic carbocycles. The standard InChI is InChI=1S/C14H15FO4/c1-8(15)9-6-10(14(2-3-14)13(16)17)12-11(7-9)18-4-5-19-12/h6-8H,2-5H2,1H3,(H,16,17). The Kier molecular flexibility index (Phi) is 2.66. The van der Waals surface area contributed by atoms with Crippen molar-refractivity contribution in [3.05, 3.63) is 23.3 Å². The predicted molar refractivity (Wildman–Crippen MR) is 65.5 cm³/mol. The molecule has 5 heteroatoms. The molecule has 1 unspecified atom stereocenters. The SMILES string of the molecule is CC(F)c1cc2c(c(C3(C(=O)O)CC3)c1)OCCO2. The van der Waals surface area contributed by atoms with E-state index in [-0.39, 0.29) is 0 Å². The van der Waals surface area contributed by atoms with Crippen molar-refractivity contribution in [2.75, 3.05) is 13.2 Å². The van der Waals surface area contributed by atoms with E-state index < -0.39 is 17.6 Å². The Morgan fingerprint density at radius 1 is 1.37 bits per heavy atom. The van der Waals surface area contributed by atoms with E-state index in [1.807, 2.05) is 0 Å². The van der Waals surface area contributed by atoms with Crippen LogP contribution in [0.25, 0.3) is 0 Å². The van der Waals surface area contributed by atoms with Crippen molar-refractivity contribution < 1.29 is 23.8 Å². The number of ether oxygens (including phenoxy) is 2. The maximum absolute atomic E-state index is 13.5. The summed E-state index contributed by atoms with van der Waals surface area (Å²) in [6.07, 6.45) is -0.0519. The highest BCUT2D eigenvalue weighted by atomic mass is 19.1. The van der Waals surface area contributed by atoms with Gasteiger partial charge in [-0.05, 0) is 37.5 Å². The lowest BCUT2D eigenvalue weighted by atomic mass is 9.92. The van der Waals surface area contributed by atoms with Crippen LogP contribution in [0.2, 0.25) is 0 Å². The van der Waals surface area contributed by atoms with Crippen molar-refractivity contribution in [2.45, 2.75) is 31.4 Å². The van der Waals surface area contributed by atoms with E-state index in [1.54, 1.807) is 12.1 Å². The van der Waals surface area contributed by atoms with Crippen LogP contribution in [0.4, 0.5) is 4.39 Å². The second-order valence-corrected chi connectivity index (χ2v) is 5.10. The van der Waals surface area contributed by atoms with Crippen LogP contribution in [-0.2, 0) is 10.2 Å². The Hall–Kier alpha value is -1.78. The fourth-order valence-electron chi connectivity index (χ4n) is 2.48. The van der Waals surface area contributed by atoms with Crippen LogP contribution in [0.3, 0.4) is 0 Å². The molecule has 1 saturated carbocycles. The molecule has 102 valence electrons. The molecule has 1 aromatic rings. The molecule has 2 aliphatic rings. The van der Waals surface area contributed by atoms with Crippen LogP contribution < -0.4 is 9.47 Å². The average molecular weight is 266 g/mol. The molecule has 1 atom stereocenters. The zero-order chi connectivity index (χ0) is 13.6. The molecule has 19 heavy (non-hydrogen) atoms. The summed E-state index contributed by atoms with van der Waals surface area (Å²) >= 11 is 0. The third kappa shape index (κ3) is 1.84. The average Bonchev–Trinajstić information content (AvgIpc) is 3.18. The van der Waals surface area contributed by atoms with Crippen LogP contribution in [0.15, 0.2) is 12.1 Å². The van der Waals surface area contributed by atoms with Crippen LogP contribution in [0.1, 0.15) is 37.1 Å². The van der Waals surface area contributed by atoms with E-state index in [4.69, 9.17) is 9.47 Å². The number of carboxylic acids is 1. The van der Waals surface area contributed by atoms with E-state index in [2.05, 4.69) is 0 Å². The highest BCUT2D eigenvalue weighted by Gasteiger charge is 2.54. The number of rotatable bonds is 3. The largest absolute Gasteiger partial charge is 0.486 e. The minimum atomic E-state index is -1.17. The zero-order valence-electron chi connectivity index (χ0n) is 10.6. The Labute approximate surface area is 110 Å². The third-order valence-corrected chi connectivity index (χ3v) is 3.80. The van der Waals surface area contributed by atoms with Gasteiger partial charge in [-0.25, -0.2) is 4.39 Å². The van der Waals surface area contributed by atoms with Crippen LogP contribution in [0.5, 0.6) is 11.5 Å². The van der Waals surface area contributed by atoms with Gasteiger partial charge in [0.05, 0.1) is 5.41 Å². The predicted octanol–water partition coefficient (Wildman–Crippen LogP) is 2.60. The topological polar surface area (TPSA) is 55.8 Å². The molecule has 0 bridgehead atoms. The first-order valence-corrected chi connectivity index (χ1v) is 6.36. The summed E-state index contributed by atoms with van der Waals surface area (Å²) in [5.41, 5.74) is 0.0684. The number of alkyl halides is 1. The Bertz CT molecular complexity index is 534. The Morgan fingerprint density at radius 2 is 2.05 bits per heavy atom. The van der Waals surface area contributed by atoms with Crippen molar-refractivity contribution in [1.29, 1.82) is 0 Å². The molecule has 1 fully saturated rings. The second-order valence-electron chi connectivity index (χ2n) is 5.10. The minimum absolute atomic E-state index is 0.389. The van der Waals surface area contributed by atoms with Crippen LogP contribution in [0, 0.1) is 0 Å². The summed E-state index contributed by atoms with van der Waals surface area (Å²) in [5.74, 6) is 0.0406. The summed E-state index contributed by atoms with van der Waals surface area (Å²) < 4.78 is 24.6. The highest BCUT2D eigenvalue weighted by molar-refractivity contribution is 5.86. The van der Waals surface area contributed by atoms with Gasteiger partial charge >= 0.3 is 5.97 Å². The normalized spacial score (nSPS) is 20.7. The van der Waals surface area contributed by atoms with E-state index in [0.717, 1.165) is 0 Å². The van der Waals surface area contributed by atoms with Gasteiger partial charge in [0.2, 0.25) is 0 Å². The van der Waals surface area contributed by atoms with E-state index in [9.17, 15) is 14.3 Å². The van der Waals surface area contributed by atoms with E-state index in [1.165, 1.54) is 6.92 Å². The number of aliphatic carboxylic acids is 1. The number of hydrogen-bond acceptors (Lipinski definition) is 3. The van der Waals surface area contributed by atoms with Crippen molar-refractivity contribution >= 4 is 5.97 Å². The Balaban J connectivity index is 2.16. The van der Waals surface area contributed by atoms with Crippen molar-refractivity contribution in [2.24, 2.45) is 0 Å². The zero-order valence-corrected chi connectivity index (χ0v) is 10.6. The molecule has 0 radical (unpaired) electrons. The lowest BCUT2D eigenvalue weighted by molar-refractivity contribution is -0.140. The van der Waals surface area contributed by atoms with Crippen LogP contribution >= 0.6 is 0 Å².